The molecule has 0 bridgehead atoms. The monoisotopic (exact) mass is 369 g/mol. The summed E-state index contributed by atoms with van der Waals surface area (Å²) in [5.41, 5.74) is -1.36. The van der Waals surface area contributed by atoms with Gasteiger partial charge in [-0.3, -0.25) is 4.79 Å². The molecule has 0 unspecified atom stereocenters. The van der Waals surface area contributed by atoms with Crippen molar-refractivity contribution in [1.29, 1.82) is 0 Å². The molecule has 2 aromatic rings. The first-order valence-electron chi connectivity index (χ1n) is 5.34. The molecule has 4 nitrogen and oxygen atoms in total. The zero-order chi connectivity index (χ0) is 15.8. The highest BCUT2D eigenvalue weighted by Crippen LogP contribution is 2.23. The Kier molecular flexibility index (Phi) is 4.08. The van der Waals surface area contributed by atoms with E-state index in [1.54, 1.807) is 0 Å². The fourth-order valence-corrected chi connectivity index (χ4v) is 1.87. The normalized spacial score (nSPS) is 11.7. The molecule has 0 radical (unpaired) electrons. The van der Waals surface area contributed by atoms with E-state index in [1.165, 1.54) is 0 Å². The van der Waals surface area contributed by atoms with Crippen molar-refractivity contribution in [2.75, 3.05) is 0 Å². The Hall–Kier alpha value is -1.84. The summed E-state index contributed by atoms with van der Waals surface area (Å²) in [5, 5.41) is 6.30. The van der Waals surface area contributed by atoms with Gasteiger partial charge in [-0.2, -0.15) is 13.2 Å². The van der Waals surface area contributed by atoms with Crippen LogP contribution in [0.2, 0.25) is 0 Å². The summed E-state index contributed by atoms with van der Waals surface area (Å²) in [6, 6.07) is 2.13. The number of benzene rings is 1. The number of nitrogens with zero attached hydrogens (tertiary/aromatic N) is 3. The third kappa shape index (κ3) is 3.26. The maximum atomic E-state index is 13.7. The van der Waals surface area contributed by atoms with Crippen molar-refractivity contribution in [3.05, 3.63) is 45.7 Å². The SMILES string of the molecule is O=C(c1cn(Cc2c(F)ccc(Br)c2F)nn1)C(F)(F)F. The van der Waals surface area contributed by atoms with Crippen LogP contribution in [0.4, 0.5) is 22.0 Å². The first kappa shape index (κ1) is 15.5. The van der Waals surface area contributed by atoms with E-state index in [0.29, 0.717) is 6.20 Å². The standard InChI is InChI=1S/C11H5BrF5N3O/c12-6-1-2-7(13)5(9(6)14)3-20-4-8(18-19-20)10(21)11(15,16)17/h1-2,4H,3H2. The number of Topliss-reactive ketones (excluding diaryl/α,β-unsaturated/α-hetero) is 1. The van der Waals surface area contributed by atoms with Gasteiger partial charge in [0.05, 0.1) is 17.2 Å². The van der Waals surface area contributed by atoms with Gasteiger partial charge in [0, 0.05) is 5.56 Å². The van der Waals surface area contributed by atoms with Gasteiger partial charge in [-0.1, -0.05) is 5.21 Å². The number of halogens is 6. The minimum absolute atomic E-state index is 0.00870. The van der Waals surface area contributed by atoms with Crippen LogP contribution >= 0.6 is 15.9 Å². The maximum absolute atomic E-state index is 13.7. The van der Waals surface area contributed by atoms with E-state index < -0.39 is 41.4 Å². The zero-order valence-corrected chi connectivity index (χ0v) is 11.5. The van der Waals surface area contributed by atoms with Gasteiger partial charge < -0.3 is 0 Å². The molecule has 0 aliphatic rings. The van der Waals surface area contributed by atoms with Crippen molar-refractivity contribution >= 4 is 21.7 Å². The van der Waals surface area contributed by atoms with E-state index >= 15 is 0 Å². The van der Waals surface area contributed by atoms with E-state index in [0.717, 1.165) is 16.8 Å². The number of ketones is 1. The predicted octanol–water partition coefficient (Wildman–Crippen LogP) is 3.11. The summed E-state index contributed by atoms with van der Waals surface area (Å²) in [5.74, 6) is -3.98. The van der Waals surface area contributed by atoms with Crippen molar-refractivity contribution in [2.45, 2.75) is 12.7 Å². The van der Waals surface area contributed by atoms with Gasteiger partial charge in [-0.05, 0) is 28.1 Å². The van der Waals surface area contributed by atoms with E-state index in [-0.39, 0.29) is 4.47 Å². The lowest BCUT2D eigenvalue weighted by Crippen LogP contribution is -2.23. The summed E-state index contributed by atoms with van der Waals surface area (Å²) >= 11 is 2.86. The Morgan fingerprint density at radius 3 is 2.57 bits per heavy atom. The molecule has 0 saturated carbocycles. The molecule has 0 spiro atoms. The molecule has 1 aromatic heterocycles. The molecule has 0 aliphatic heterocycles. The number of hydrogen-bond donors (Lipinski definition) is 0. The summed E-state index contributed by atoms with van der Waals surface area (Å²) in [4.78, 5) is 10.9. The van der Waals surface area contributed by atoms with Crippen molar-refractivity contribution in [3.63, 3.8) is 0 Å². The maximum Gasteiger partial charge on any atom is 0.456 e. The second-order valence-corrected chi connectivity index (χ2v) is 4.80. The van der Waals surface area contributed by atoms with Crippen LogP contribution in [0.1, 0.15) is 16.1 Å². The molecule has 21 heavy (non-hydrogen) atoms. The molecule has 0 saturated heterocycles. The van der Waals surface area contributed by atoms with E-state index in [4.69, 9.17) is 0 Å². The van der Waals surface area contributed by atoms with Crippen LogP contribution in [0.3, 0.4) is 0 Å². The van der Waals surface area contributed by atoms with E-state index in [1.807, 2.05) is 0 Å². The topological polar surface area (TPSA) is 47.8 Å². The fourth-order valence-electron chi connectivity index (χ4n) is 1.50. The molecule has 0 N–H and O–H groups in total. The molecule has 1 aromatic carbocycles. The molecule has 0 atom stereocenters. The fraction of sp³-hybridized carbons (Fsp3) is 0.182. The smallest absolute Gasteiger partial charge is 0.282 e. The quantitative estimate of drug-likeness (QED) is 0.474. The lowest BCUT2D eigenvalue weighted by Gasteiger charge is -2.06. The molecule has 0 fully saturated rings. The number of hydrogen-bond acceptors (Lipinski definition) is 3. The highest BCUT2D eigenvalue weighted by Gasteiger charge is 2.41. The van der Waals surface area contributed by atoms with Crippen molar-refractivity contribution in [1.82, 2.24) is 15.0 Å². The Labute approximate surface area is 122 Å². The average molecular weight is 370 g/mol. The van der Waals surface area contributed by atoms with Crippen LogP contribution in [-0.2, 0) is 6.54 Å². The van der Waals surface area contributed by atoms with Crippen LogP contribution in [0.15, 0.2) is 22.8 Å². The Morgan fingerprint density at radius 1 is 1.29 bits per heavy atom. The predicted molar refractivity (Wildman–Crippen MR) is 63.6 cm³/mol. The van der Waals surface area contributed by atoms with Crippen molar-refractivity contribution < 1.29 is 26.7 Å². The van der Waals surface area contributed by atoms with E-state index in [9.17, 15) is 26.7 Å². The summed E-state index contributed by atoms with van der Waals surface area (Å²) in [6.07, 6.45) is -4.41. The molecule has 2 rings (SSSR count). The minimum Gasteiger partial charge on any atom is -0.282 e. The number of carbonyl (C=O) groups excluding carboxylic acids is 1. The molecule has 112 valence electrons. The third-order valence-electron chi connectivity index (χ3n) is 2.49. The van der Waals surface area contributed by atoms with Gasteiger partial charge in [-0.15, -0.1) is 5.10 Å². The molecule has 1 heterocycles. The first-order valence-corrected chi connectivity index (χ1v) is 6.13. The lowest BCUT2D eigenvalue weighted by atomic mass is 10.2. The second-order valence-electron chi connectivity index (χ2n) is 3.95. The molecular formula is C11H5BrF5N3O. The largest absolute Gasteiger partial charge is 0.456 e. The highest BCUT2D eigenvalue weighted by atomic mass is 79.9. The summed E-state index contributed by atoms with van der Waals surface area (Å²) in [7, 11) is 0. The first-order chi connectivity index (χ1) is 9.70. The summed E-state index contributed by atoms with van der Waals surface area (Å²) < 4.78 is 64.5. The Balaban J connectivity index is 2.29. The van der Waals surface area contributed by atoms with Crippen LogP contribution in [0, 0.1) is 11.6 Å². The van der Waals surface area contributed by atoms with Gasteiger partial charge in [-0.25, -0.2) is 13.5 Å². The third-order valence-corrected chi connectivity index (χ3v) is 3.10. The molecule has 0 amide bonds. The van der Waals surface area contributed by atoms with Crippen LogP contribution in [-0.4, -0.2) is 27.0 Å². The van der Waals surface area contributed by atoms with Crippen LogP contribution in [0.5, 0.6) is 0 Å². The van der Waals surface area contributed by atoms with Gasteiger partial charge in [0.2, 0.25) is 0 Å². The van der Waals surface area contributed by atoms with Gasteiger partial charge in [0.25, 0.3) is 5.78 Å². The second kappa shape index (κ2) is 5.51. The van der Waals surface area contributed by atoms with Crippen molar-refractivity contribution in [2.24, 2.45) is 0 Å². The number of aromatic nitrogens is 3. The van der Waals surface area contributed by atoms with Crippen LogP contribution < -0.4 is 0 Å². The van der Waals surface area contributed by atoms with Gasteiger partial charge >= 0.3 is 6.18 Å². The molecular weight excluding hydrogens is 365 g/mol. The van der Waals surface area contributed by atoms with Crippen molar-refractivity contribution in [3.8, 4) is 0 Å². The Morgan fingerprint density at radius 2 is 1.95 bits per heavy atom. The minimum atomic E-state index is -5.09. The number of rotatable bonds is 3. The lowest BCUT2D eigenvalue weighted by molar-refractivity contribution is -0.0888. The molecule has 0 aliphatic carbocycles. The number of carbonyl (C=O) groups is 1. The van der Waals surface area contributed by atoms with Crippen LogP contribution in [0.25, 0.3) is 0 Å². The Bertz CT molecular complexity index is 698. The average Bonchev–Trinajstić information content (AvgIpc) is 2.85. The molecule has 10 heteroatoms. The van der Waals surface area contributed by atoms with E-state index in [2.05, 4.69) is 26.2 Å². The van der Waals surface area contributed by atoms with Gasteiger partial charge in [0.15, 0.2) is 5.69 Å². The summed E-state index contributed by atoms with van der Waals surface area (Å²) in [6.45, 7) is -0.505. The number of alkyl halides is 3. The van der Waals surface area contributed by atoms with Gasteiger partial charge in [0.1, 0.15) is 11.6 Å². The highest BCUT2D eigenvalue weighted by molar-refractivity contribution is 9.10. The zero-order valence-electron chi connectivity index (χ0n) is 9.96.